The van der Waals surface area contributed by atoms with Crippen LogP contribution in [0.4, 0.5) is 0 Å². The molecule has 0 aromatic heterocycles. The monoisotopic (exact) mass is 284 g/mol. The van der Waals surface area contributed by atoms with Crippen LogP contribution in [0.15, 0.2) is 60.7 Å². The topological polar surface area (TPSA) is 35.5 Å². The number of ether oxygens (including phenoxy) is 2. The van der Waals surface area contributed by atoms with Crippen LogP contribution in [-0.2, 0) is 20.9 Å². The van der Waals surface area contributed by atoms with Gasteiger partial charge in [-0.1, -0.05) is 60.7 Å². The number of rotatable bonds is 6. The molecule has 2 unspecified atom stereocenters. The van der Waals surface area contributed by atoms with Gasteiger partial charge in [0.25, 0.3) is 0 Å². The number of hydrogen-bond acceptors (Lipinski definition) is 3. The van der Waals surface area contributed by atoms with E-state index < -0.39 is 6.10 Å². The highest BCUT2D eigenvalue weighted by molar-refractivity contribution is 5.74. The highest BCUT2D eigenvalue weighted by Crippen LogP contribution is 2.18. The Morgan fingerprint density at radius 1 is 0.952 bits per heavy atom. The zero-order chi connectivity index (χ0) is 15.1. The fraction of sp³-hybridized carbons (Fsp3) is 0.278. The molecule has 2 rings (SSSR count). The fourth-order valence-electron chi connectivity index (χ4n) is 2.01. The minimum atomic E-state index is -0.594. The average Bonchev–Trinajstić information content (AvgIpc) is 2.54. The van der Waals surface area contributed by atoms with Gasteiger partial charge in [-0.15, -0.1) is 0 Å². The molecule has 0 spiro atoms. The van der Waals surface area contributed by atoms with E-state index in [1.54, 1.807) is 6.92 Å². The van der Waals surface area contributed by atoms with Crippen LogP contribution in [0.2, 0.25) is 0 Å². The third-order valence-electron chi connectivity index (χ3n) is 3.23. The summed E-state index contributed by atoms with van der Waals surface area (Å²) < 4.78 is 11.0. The van der Waals surface area contributed by atoms with Crippen molar-refractivity contribution < 1.29 is 14.3 Å². The molecule has 0 saturated carbocycles. The van der Waals surface area contributed by atoms with E-state index in [0.29, 0.717) is 0 Å². The lowest BCUT2D eigenvalue weighted by Crippen LogP contribution is -2.24. The van der Waals surface area contributed by atoms with Gasteiger partial charge in [0.05, 0.1) is 6.10 Å². The lowest BCUT2D eigenvalue weighted by molar-refractivity contribution is -0.160. The summed E-state index contributed by atoms with van der Waals surface area (Å²) in [4.78, 5) is 11.9. The second-order valence-electron chi connectivity index (χ2n) is 4.92. The molecule has 0 N–H and O–H groups in total. The first-order valence-corrected chi connectivity index (χ1v) is 7.08. The third kappa shape index (κ3) is 4.72. The van der Waals surface area contributed by atoms with E-state index in [2.05, 4.69) is 0 Å². The van der Waals surface area contributed by atoms with Crippen molar-refractivity contribution in [3.05, 3.63) is 71.8 Å². The molecule has 0 fully saturated rings. The van der Waals surface area contributed by atoms with Gasteiger partial charge < -0.3 is 9.47 Å². The van der Waals surface area contributed by atoms with Gasteiger partial charge in [0.2, 0.25) is 0 Å². The van der Waals surface area contributed by atoms with Crippen LogP contribution in [0.3, 0.4) is 0 Å². The van der Waals surface area contributed by atoms with Gasteiger partial charge in [0.15, 0.2) is 6.10 Å². The molecule has 0 saturated heterocycles. The van der Waals surface area contributed by atoms with Gasteiger partial charge in [0.1, 0.15) is 6.61 Å². The second kappa shape index (κ2) is 7.60. The lowest BCUT2D eigenvalue weighted by Gasteiger charge is -2.18. The van der Waals surface area contributed by atoms with Crippen LogP contribution in [0.1, 0.15) is 31.1 Å². The number of carbonyl (C=O) groups excluding carboxylic acids is 1. The maximum absolute atomic E-state index is 11.9. The summed E-state index contributed by atoms with van der Waals surface area (Å²) in [6, 6.07) is 19.4. The van der Waals surface area contributed by atoms with Crippen LogP contribution in [0, 0.1) is 0 Å². The van der Waals surface area contributed by atoms with E-state index in [4.69, 9.17) is 9.47 Å². The maximum atomic E-state index is 11.9. The van der Waals surface area contributed by atoms with Gasteiger partial charge in [-0.05, 0) is 25.0 Å². The molecule has 0 radical (unpaired) electrons. The van der Waals surface area contributed by atoms with Gasteiger partial charge in [-0.25, -0.2) is 4.79 Å². The van der Waals surface area contributed by atoms with E-state index in [1.165, 1.54) is 0 Å². The summed E-state index contributed by atoms with van der Waals surface area (Å²) in [6.07, 6.45) is -0.741. The van der Waals surface area contributed by atoms with Gasteiger partial charge >= 0.3 is 5.97 Å². The number of benzene rings is 2. The van der Waals surface area contributed by atoms with Crippen molar-refractivity contribution >= 4 is 5.97 Å². The molecule has 0 heterocycles. The first kappa shape index (κ1) is 15.3. The molecule has 3 nitrogen and oxygen atoms in total. The fourth-order valence-corrected chi connectivity index (χ4v) is 2.01. The van der Waals surface area contributed by atoms with E-state index in [-0.39, 0.29) is 18.7 Å². The molecule has 0 aliphatic heterocycles. The lowest BCUT2D eigenvalue weighted by atomic mass is 10.1. The van der Waals surface area contributed by atoms with E-state index in [0.717, 1.165) is 11.1 Å². The van der Waals surface area contributed by atoms with E-state index in [9.17, 15) is 4.79 Å². The predicted molar refractivity (Wildman–Crippen MR) is 81.6 cm³/mol. The first-order chi connectivity index (χ1) is 10.2. The Bertz CT molecular complexity index is 551. The summed E-state index contributed by atoms with van der Waals surface area (Å²) >= 11 is 0. The molecular formula is C18H20O3. The molecule has 2 aromatic rings. The van der Waals surface area contributed by atoms with E-state index >= 15 is 0 Å². The van der Waals surface area contributed by atoms with Crippen molar-refractivity contribution in [1.29, 1.82) is 0 Å². The predicted octanol–water partition coefficient (Wildman–Crippen LogP) is 3.90. The third-order valence-corrected chi connectivity index (χ3v) is 3.23. The van der Waals surface area contributed by atoms with Crippen LogP contribution >= 0.6 is 0 Å². The van der Waals surface area contributed by atoms with Crippen molar-refractivity contribution in [3.8, 4) is 0 Å². The normalized spacial score (nSPS) is 13.4. The number of carbonyl (C=O) groups is 1. The molecular weight excluding hydrogens is 264 g/mol. The summed E-state index contributed by atoms with van der Waals surface area (Å²) in [5.41, 5.74) is 2.01. The molecule has 0 aliphatic carbocycles. The van der Waals surface area contributed by atoms with Gasteiger partial charge in [0, 0.05) is 0 Å². The van der Waals surface area contributed by atoms with Crippen molar-refractivity contribution in [2.75, 3.05) is 0 Å². The largest absolute Gasteiger partial charge is 0.459 e. The Morgan fingerprint density at radius 3 is 2.14 bits per heavy atom. The SMILES string of the molecule is CC(OC(C)c1ccccc1)C(=O)OCc1ccccc1. The van der Waals surface area contributed by atoms with Crippen LogP contribution in [0.5, 0.6) is 0 Å². The molecule has 110 valence electrons. The average molecular weight is 284 g/mol. The van der Waals surface area contributed by atoms with Gasteiger partial charge in [-0.3, -0.25) is 0 Å². The van der Waals surface area contributed by atoms with Crippen molar-refractivity contribution in [2.45, 2.75) is 32.7 Å². The minimum Gasteiger partial charge on any atom is -0.459 e. The van der Waals surface area contributed by atoms with Crippen molar-refractivity contribution in [1.82, 2.24) is 0 Å². The maximum Gasteiger partial charge on any atom is 0.335 e. The second-order valence-corrected chi connectivity index (χ2v) is 4.92. The minimum absolute atomic E-state index is 0.148. The zero-order valence-corrected chi connectivity index (χ0v) is 12.4. The van der Waals surface area contributed by atoms with Crippen LogP contribution in [0.25, 0.3) is 0 Å². The summed E-state index contributed by atoms with van der Waals surface area (Å²) in [5, 5.41) is 0. The smallest absolute Gasteiger partial charge is 0.335 e. The Morgan fingerprint density at radius 2 is 1.52 bits per heavy atom. The first-order valence-electron chi connectivity index (χ1n) is 7.08. The molecule has 0 bridgehead atoms. The Balaban J connectivity index is 1.82. The van der Waals surface area contributed by atoms with Gasteiger partial charge in [-0.2, -0.15) is 0 Å². The summed E-state index contributed by atoms with van der Waals surface area (Å²) in [7, 11) is 0. The Hall–Kier alpha value is -2.13. The highest BCUT2D eigenvalue weighted by Gasteiger charge is 2.19. The quantitative estimate of drug-likeness (QED) is 0.755. The molecule has 2 aromatic carbocycles. The Labute approximate surface area is 125 Å². The summed E-state index contributed by atoms with van der Waals surface area (Å²) in [5.74, 6) is -0.346. The Kier molecular flexibility index (Phi) is 5.52. The van der Waals surface area contributed by atoms with Crippen LogP contribution in [-0.4, -0.2) is 12.1 Å². The standard InChI is InChI=1S/C18H20O3/c1-14(17-11-7-4-8-12-17)21-15(2)18(19)20-13-16-9-5-3-6-10-16/h3-12,14-15H,13H2,1-2H3. The van der Waals surface area contributed by atoms with E-state index in [1.807, 2.05) is 67.6 Å². The number of hydrogen-bond donors (Lipinski definition) is 0. The highest BCUT2D eigenvalue weighted by atomic mass is 16.6. The molecule has 0 amide bonds. The molecule has 3 heteroatoms. The molecule has 21 heavy (non-hydrogen) atoms. The zero-order valence-electron chi connectivity index (χ0n) is 12.4. The van der Waals surface area contributed by atoms with Crippen molar-refractivity contribution in [2.24, 2.45) is 0 Å². The molecule has 0 aliphatic rings. The van der Waals surface area contributed by atoms with Crippen LogP contribution < -0.4 is 0 Å². The summed E-state index contributed by atoms with van der Waals surface area (Å²) in [6.45, 7) is 3.91. The van der Waals surface area contributed by atoms with Crippen molar-refractivity contribution in [3.63, 3.8) is 0 Å². The molecule has 2 atom stereocenters. The number of esters is 1.